The predicted octanol–water partition coefficient (Wildman–Crippen LogP) is 3.13. The summed E-state index contributed by atoms with van der Waals surface area (Å²) in [6, 6.07) is 0.216. The highest BCUT2D eigenvalue weighted by Crippen LogP contribution is 2.53. The van der Waals surface area contributed by atoms with E-state index in [1.807, 2.05) is 4.57 Å². The Morgan fingerprint density at radius 1 is 1.19 bits per heavy atom. The molecule has 0 amide bonds. The van der Waals surface area contributed by atoms with Gasteiger partial charge in [0.1, 0.15) is 0 Å². The van der Waals surface area contributed by atoms with Gasteiger partial charge in [0.25, 0.3) is 5.56 Å². The van der Waals surface area contributed by atoms with Crippen molar-refractivity contribution in [1.29, 1.82) is 0 Å². The third kappa shape index (κ3) is 3.94. The molecule has 2 heterocycles. The molecule has 3 atom stereocenters. The summed E-state index contributed by atoms with van der Waals surface area (Å²) in [5.41, 5.74) is -3.05. The lowest BCUT2D eigenvalue weighted by atomic mass is 9.98. The van der Waals surface area contributed by atoms with Gasteiger partial charge in [0.2, 0.25) is 0 Å². The Morgan fingerprint density at radius 3 is 2.52 bits per heavy atom. The number of halogens is 3. The third-order valence-corrected chi connectivity index (χ3v) is 7.13. The van der Waals surface area contributed by atoms with Gasteiger partial charge in [-0.15, -0.1) is 0 Å². The zero-order valence-corrected chi connectivity index (χ0v) is 17.9. The number of hydrogen-bond acceptors (Lipinski definition) is 4. The Kier molecular flexibility index (Phi) is 5.56. The summed E-state index contributed by atoms with van der Waals surface area (Å²) in [5, 5.41) is 9.56. The highest BCUT2D eigenvalue weighted by atomic mass is 19.4. The summed E-state index contributed by atoms with van der Waals surface area (Å²) in [6.07, 6.45) is 2.59. The van der Waals surface area contributed by atoms with E-state index in [1.165, 1.54) is 30.3 Å². The second-order valence-electron chi connectivity index (χ2n) is 9.36. The molecule has 2 fully saturated rings. The molecule has 0 radical (unpaired) electrons. The highest BCUT2D eigenvalue weighted by Gasteiger charge is 2.49. The summed E-state index contributed by atoms with van der Waals surface area (Å²) in [7, 11) is 1.55. The van der Waals surface area contributed by atoms with Crippen molar-refractivity contribution in [2.24, 2.45) is 18.9 Å². The van der Waals surface area contributed by atoms with Gasteiger partial charge in [-0.05, 0) is 44.4 Å². The summed E-state index contributed by atoms with van der Waals surface area (Å²) in [5.74, 6) is 1.22. The molecular formula is C21H29F3N4O3. The first kappa shape index (κ1) is 22.1. The van der Waals surface area contributed by atoms with E-state index in [1.54, 1.807) is 13.4 Å². The van der Waals surface area contributed by atoms with Crippen molar-refractivity contribution in [3.8, 4) is 0 Å². The lowest BCUT2D eigenvalue weighted by Crippen LogP contribution is -2.42. The summed E-state index contributed by atoms with van der Waals surface area (Å²) < 4.78 is 42.7. The number of aromatic nitrogens is 4. The van der Waals surface area contributed by atoms with E-state index in [4.69, 9.17) is 0 Å². The van der Waals surface area contributed by atoms with Crippen LogP contribution in [-0.4, -0.2) is 35.6 Å². The Hall–Kier alpha value is -2.10. The number of alkyl halides is 3. The largest absolute Gasteiger partial charge is 0.416 e. The standard InChI is InChI=1S/C21H29F3N4O3/c1-20(31,21(22,23)24)9-5-6-10-27-18(29)16-17(26(2)19(27)30)25-12-28(16)15-11-14(15)13-7-3-4-8-13/h12-15,31H,3-11H2,1-2H3. The molecule has 2 aromatic heterocycles. The summed E-state index contributed by atoms with van der Waals surface area (Å²) >= 11 is 0. The van der Waals surface area contributed by atoms with Gasteiger partial charge in [-0.3, -0.25) is 13.9 Å². The number of imidazole rings is 1. The molecule has 172 valence electrons. The van der Waals surface area contributed by atoms with Gasteiger partial charge < -0.3 is 9.67 Å². The number of aryl methyl sites for hydroxylation is 1. The third-order valence-electron chi connectivity index (χ3n) is 7.13. The number of nitrogens with zero attached hydrogens (tertiary/aromatic N) is 4. The van der Waals surface area contributed by atoms with E-state index in [-0.39, 0.29) is 25.4 Å². The fraction of sp³-hybridized carbons (Fsp3) is 0.762. The molecule has 1 N–H and O–H groups in total. The molecule has 0 bridgehead atoms. The Balaban J connectivity index is 1.54. The average molecular weight is 442 g/mol. The minimum absolute atomic E-state index is 0.00269. The molecule has 2 saturated carbocycles. The maximum Gasteiger partial charge on any atom is 0.416 e. The maximum atomic E-state index is 13.2. The monoisotopic (exact) mass is 442 g/mol. The molecule has 10 heteroatoms. The SMILES string of the molecule is Cn1c(=O)n(CCCCC(C)(O)C(F)(F)F)c(=O)c2c1ncn2C1CC1C1CCCC1. The molecule has 4 rings (SSSR count). The first-order valence-corrected chi connectivity index (χ1v) is 11.0. The van der Waals surface area contributed by atoms with Crippen LogP contribution in [0.1, 0.15) is 64.3 Å². The van der Waals surface area contributed by atoms with E-state index in [0.717, 1.165) is 17.9 Å². The van der Waals surface area contributed by atoms with Crippen LogP contribution in [0.5, 0.6) is 0 Å². The number of unbranched alkanes of at least 4 members (excludes halogenated alkanes) is 1. The highest BCUT2D eigenvalue weighted by molar-refractivity contribution is 5.70. The quantitative estimate of drug-likeness (QED) is 0.668. The van der Waals surface area contributed by atoms with Crippen LogP contribution in [0, 0.1) is 11.8 Å². The van der Waals surface area contributed by atoms with Crippen molar-refractivity contribution in [1.82, 2.24) is 18.7 Å². The lowest BCUT2D eigenvalue weighted by molar-refractivity contribution is -0.255. The molecule has 0 aromatic carbocycles. The van der Waals surface area contributed by atoms with Gasteiger partial charge in [0, 0.05) is 19.6 Å². The molecule has 2 aliphatic carbocycles. The lowest BCUT2D eigenvalue weighted by Gasteiger charge is -2.26. The van der Waals surface area contributed by atoms with Crippen molar-refractivity contribution >= 4 is 11.2 Å². The maximum absolute atomic E-state index is 13.2. The minimum Gasteiger partial charge on any atom is -0.381 e. The molecule has 0 saturated heterocycles. The van der Waals surface area contributed by atoms with E-state index in [2.05, 4.69) is 4.98 Å². The van der Waals surface area contributed by atoms with Crippen molar-refractivity contribution in [2.75, 3.05) is 0 Å². The molecule has 2 aromatic rings. The number of fused-ring (bicyclic) bond motifs is 1. The van der Waals surface area contributed by atoms with Gasteiger partial charge in [-0.1, -0.05) is 25.7 Å². The predicted molar refractivity (Wildman–Crippen MR) is 109 cm³/mol. The Labute approximate surface area is 177 Å². The van der Waals surface area contributed by atoms with Crippen LogP contribution in [-0.2, 0) is 13.6 Å². The fourth-order valence-corrected chi connectivity index (χ4v) is 5.03. The number of rotatable bonds is 7. The van der Waals surface area contributed by atoms with E-state index >= 15 is 0 Å². The van der Waals surface area contributed by atoms with Crippen LogP contribution >= 0.6 is 0 Å². The molecule has 2 aliphatic rings. The second-order valence-corrected chi connectivity index (χ2v) is 9.36. The minimum atomic E-state index is -4.72. The van der Waals surface area contributed by atoms with Gasteiger partial charge in [-0.25, -0.2) is 9.78 Å². The smallest absolute Gasteiger partial charge is 0.381 e. The van der Waals surface area contributed by atoms with Crippen molar-refractivity contribution in [2.45, 2.75) is 82.7 Å². The Morgan fingerprint density at radius 2 is 1.87 bits per heavy atom. The van der Waals surface area contributed by atoms with Crippen LogP contribution in [0.25, 0.3) is 11.2 Å². The molecule has 7 nitrogen and oxygen atoms in total. The fourth-order valence-electron chi connectivity index (χ4n) is 5.03. The first-order chi connectivity index (χ1) is 14.5. The van der Waals surface area contributed by atoms with Gasteiger partial charge >= 0.3 is 11.9 Å². The zero-order valence-electron chi connectivity index (χ0n) is 17.9. The van der Waals surface area contributed by atoms with Gasteiger partial charge in [0.15, 0.2) is 16.8 Å². The normalized spacial score (nSPS) is 24.1. The van der Waals surface area contributed by atoms with E-state index in [9.17, 15) is 27.9 Å². The molecule has 31 heavy (non-hydrogen) atoms. The van der Waals surface area contributed by atoms with Gasteiger partial charge in [0.05, 0.1) is 6.33 Å². The van der Waals surface area contributed by atoms with Crippen LogP contribution in [0.2, 0.25) is 0 Å². The van der Waals surface area contributed by atoms with E-state index < -0.39 is 29.4 Å². The summed E-state index contributed by atoms with van der Waals surface area (Å²) in [6.45, 7) is 0.733. The van der Waals surface area contributed by atoms with Crippen LogP contribution in [0.3, 0.4) is 0 Å². The first-order valence-electron chi connectivity index (χ1n) is 11.0. The van der Waals surface area contributed by atoms with Crippen LogP contribution < -0.4 is 11.2 Å². The topological polar surface area (TPSA) is 82.0 Å². The van der Waals surface area contributed by atoms with Crippen LogP contribution in [0.4, 0.5) is 13.2 Å². The second kappa shape index (κ2) is 7.79. The number of hydrogen-bond donors (Lipinski definition) is 1. The summed E-state index contributed by atoms with van der Waals surface area (Å²) in [4.78, 5) is 30.1. The van der Waals surface area contributed by atoms with Crippen molar-refractivity contribution < 1.29 is 18.3 Å². The van der Waals surface area contributed by atoms with Crippen LogP contribution in [0.15, 0.2) is 15.9 Å². The molecular weight excluding hydrogens is 413 g/mol. The zero-order chi connectivity index (χ0) is 22.6. The van der Waals surface area contributed by atoms with E-state index in [0.29, 0.717) is 23.0 Å². The number of aliphatic hydroxyl groups is 1. The van der Waals surface area contributed by atoms with Crippen molar-refractivity contribution in [3.63, 3.8) is 0 Å². The molecule has 0 aliphatic heterocycles. The Bertz CT molecular complexity index is 1080. The van der Waals surface area contributed by atoms with Crippen molar-refractivity contribution in [3.05, 3.63) is 27.2 Å². The average Bonchev–Trinajstić information content (AvgIpc) is 3.11. The molecule has 0 spiro atoms. The van der Waals surface area contributed by atoms with Gasteiger partial charge in [-0.2, -0.15) is 13.2 Å². The molecule has 3 unspecified atom stereocenters.